The Hall–Kier alpha value is -2.04. The van der Waals surface area contributed by atoms with Gasteiger partial charge in [0.25, 0.3) is 0 Å². The number of hydrogen-bond donors (Lipinski definition) is 1. The van der Waals surface area contributed by atoms with Crippen LogP contribution in [0.3, 0.4) is 0 Å². The van der Waals surface area contributed by atoms with Crippen molar-refractivity contribution in [3.63, 3.8) is 0 Å². The Labute approximate surface area is 119 Å². The number of carbonyl (C=O) groups excluding carboxylic acids is 1. The second-order valence-corrected chi connectivity index (χ2v) is 4.81. The lowest BCUT2D eigenvalue weighted by Gasteiger charge is -2.21. The molecule has 1 aromatic rings. The molecule has 5 nitrogen and oxygen atoms in total. The van der Waals surface area contributed by atoms with Gasteiger partial charge >= 0.3 is 6.09 Å². The van der Waals surface area contributed by atoms with E-state index >= 15 is 0 Å². The Kier molecular flexibility index (Phi) is 4.61. The molecule has 0 aromatic heterocycles. The van der Waals surface area contributed by atoms with Crippen molar-refractivity contribution in [2.45, 2.75) is 19.8 Å². The Bertz CT molecular complexity index is 492. The molecule has 0 atom stereocenters. The predicted octanol–water partition coefficient (Wildman–Crippen LogP) is 3.13. The summed E-state index contributed by atoms with van der Waals surface area (Å²) in [7, 11) is 3.86. The zero-order valence-electron chi connectivity index (χ0n) is 12.2. The summed E-state index contributed by atoms with van der Waals surface area (Å²) in [6.45, 7) is 2.14. The maximum Gasteiger partial charge on any atom is 0.411 e. The van der Waals surface area contributed by atoms with Gasteiger partial charge in [0.05, 0.1) is 6.61 Å². The van der Waals surface area contributed by atoms with Crippen molar-refractivity contribution in [1.29, 1.82) is 0 Å². The van der Waals surface area contributed by atoms with E-state index in [0.717, 1.165) is 17.2 Å². The third-order valence-corrected chi connectivity index (χ3v) is 3.29. The van der Waals surface area contributed by atoms with E-state index in [1.54, 1.807) is 6.92 Å². The second-order valence-electron chi connectivity index (χ2n) is 4.81. The number of rotatable bonds is 4. The molecule has 0 saturated heterocycles. The van der Waals surface area contributed by atoms with Crippen molar-refractivity contribution >= 4 is 23.3 Å². The number of ether oxygens (including phenoxy) is 1. The molecule has 5 heteroatoms. The first-order chi connectivity index (χ1) is 9.65. The molecule has 0 unspecified atom stereocenters. The number of anilines is 2. The average molecular weight is 275 g/mol. The molecule has 0 radical (unpaired) electrons. The molecule has 1 aromatic carbocycles. The lowest BCUT2D eigenvalue weighted by molar-refractivity contribution is 0.168. The molecular weight excluding hydrogens is 254 g/mol. The minimum absolute atomic E-state index is 0.365. The summed E-state index contributed by atoms with van der Waals surface area (Å²) >= 11 is 0. The molecular formula is C15H21N3O2. The van der Waals surface area contributed by atoms with Crippen molar-refractivity contribution < 1.29 is 9.53 Å². The highest BCUT2D eigenvalue weighted by molar-refractivity contribution is 6.00. The lowest BCUT2D eigenvalue weighted by atomic mass is 10.2. The van der Waals surface area contributed by atoms with Crippen LogP contribution in [0.5, 0.6) is 0 Å². The molecule has 1 aliphatic carbocycles. The Morgan fingerprint density at radius 3 is 2.55 bits per heavy atom. The van der Waals surface area contributed by atoms with Gasteiger partial charge in [0.1, 0.15) is 5.84 Å². The number of amides is 1. The summed E-state index contributed by atoms with van der Waals surface area (Å²) in [5.41, 5.74) is 1.79. The second kappa shape index (κ2) is 6.41. The molecule has 0 bridgehead atoms. The normalized spacial score (nSPS) is 14.8. The molecule has 0 spiro atoms. The monoisotopic (exact) mass is 275 g/mol. The quantitative estimate of drug-likeness (QED) is 0.678. The molecule has 1 fully saturated rings. The van der Waals surface area contributed by atoms with E-state index in [0.29, 0.717) is 12.5 Å². The van der Waals surface area contributed by atoms with Crippen LogP contribution in [0, 0.1) is 5.92 Å². The fraction of sp³-hybridized carbons (Fsp3) is 0.467. The highest BCUT2D eigenvalue weighted by Crippen LogP contribution is 2.33. The van der Waals surface area contributed by atoms with E-state index < -0.39 is 6.09 Å². The molecule has 1 N–H and O–H groups in total. The topological polar surface area (TPSA) is 53.9 Å². The van der Waals surface area contributed by atoms with E-state index in [1.807, 2.05) is 38.4 Å². The van der Waals surface area contributed by atoms with Gasteiger partial charge in [-0.1, -0.05) is 0 Å². The Morgan fingerprint density at radius 2 is 2.05 bits per heavy atom. The van der Waals surface area contributed by atoms with Gasteiger partial charge in [-0.3, -0.25) is 10.3 Å². The van der Waals surface area contributed by atoms with Gasteiger partial charge in [0.15, 0.2) is 0 Å². The zero-order valence-corrected chi connectivity index (χ0v) is 12.2. The van der Waals surface area contributed by atoms with E-state index in [9.17, 15) is 4.79 Å². The number of amidine groups is 1. The van der Waals surface area contributed by atoms with Crippen molar-refractivity contribution in [2.75, 3.05) is 30.9 Å². The fourth-order valence-electron chi connectivity index (χ4n) is 2.13. The Morgan fingerprint density at radius 1 is 1.40 bits per heavy atom. The van der Waals surface area contributed by atoms with E-state index in [-0.39, 0.29) is 0 Å². The molecule has 1 aliphatic rings. The van der Waals surface area contributed by atoms with Crippen LogP contribution in [0.4, 0.5) is 16.2 Å². The molecule has 108 valence electrons. The number of nitrogens with zero attached hydrogens (tertiary/aromatic N) is 2. The zero-order chi connectivity index (χ0) is 14.5. The summed E-state index contributed by atoms with van der Waals surface area (Å²) in [5.74, 6) is 1.72. The average Bonchev–Trinajstić information content (AvgIpc) is 3.25. The van der Waals surface area contributed by atoms with Gasteiger partial charge in [-0.2, -0.15) is 0 Å². The van der Waals surface area contributed by atoms with Crippen molar-refractivity contribution in [3.05, 3.63) is 24.3 Å². The van der Waals surface area contributed by atoms with Crippen LogP contribution >= 0.6 is 0 Å². The van der Waals surface area contributed by atoms with Crippen LogP contribution in [0.15, 0.2) is 29.3 Å². The van der Waals surface area contributed by atoms with Crippen molar-refractivity contribution in [1.82, 2.24) is 0 Å². The van der Waals surface area contributed by atoms with Gasteiger partial charge in [-0.25, -0.2) is 4.79 Å². The van der Waals surface area contributed by atoms with Crippen LogP contribution in [-0.4, -0.2) is 32.6 Å². The molecule has 1 saturated carbocycles. The highest BCUT2D eigenvalue weighted by Gasteiger charge is 2.29. The van der Waals surface area contributed by atoms with Gasteiger partial charge in [-0.15, -0.1) is 0 Å². The van der Waals surface area contributed by atoms with Crippen LogP contribution in [0.2, 0.25) is 0 Å². The first-order valence-corrected chi connectivity index (χ1v) is 6.90. The molecule has 2 rings (SSSR count). The van der Waals surface area contributed by atoms with E-state index in [2.05, 4.69) is 15.2 Å². The highest BCUT2D eigenvalue weighted by atomic mass is 16.5. The standard InChI is InChI=1S/C15H21N3O2/c1-4-20-15(19)17-12-7-9-13(10-8-12)18(3)14(16-2)11-5-6-11/h7-11H,4-6H2,1-3H3,(H,17,19). The third-order valence-electron chi connectivity index (χ3n) is 3.29. The van der Waals surface area contributed by atoms with Gasteiger partial charge in [0.2, 0.25) is 0 Å². The van der Waals surface area contributed by atoms with Crippen LogP contribution in [-0.2, 0) is 4.74 Å². The van der Waals surface area contributed by atoms with Crippen molar-refractivity contribution in [2.24, 2.45) is 10.9 Å². The maximum atomic E-state index is 11.3. The Balaban J connectivity index is 2.02. The van der Waals surface area contributed by atoms with Gasteiger partial charge < -0.3 is 9.64 Å². The van der Waals surface area contributed by atoms with Gasteiger partial charge in [0, 0.05) is 31.4 Å². The first kappa shape index (κ1) is 14.4. The minimum Gasteiger partial charge on any atom is -0.450 e. The smallest absolute Gasteiger partial charge is 0.411 e. The van der Waals surface area contributed by atoms with E-state index in [4.69, 9.17) is 4.74 Å². The summed E-state index contributed by atoms with van der Waals surface area (Å²) < 4.78 is 4.84. The molecule has 0 aliphatic heterocycles. The number of carbonyl (C=O) groups is 1. The molecule has 0 heterocycles. The fourth-order valence-corrected chi connectivity index (χ4v) is 2.13. The van der Waals surface area contributed by atoms with Crippen LogP contribution in [0.1, 0.15) is 19.8 Å². The summed E-state index contributed by atoms with van der Waals surface area (Å²) in [6.07, 6.45) is 2.02. The van der Waals surface area contributed by atoms with Gasteiger partial charge in [-0.05, 0) is 44.0 Å². The number of nitrogens with one attached hydrogen (secondary N) is 1. The first-order valence-electron chi connectivity index (χ1n) is 6.90. The van der Waals surface area contributed by atoms with Crippen LogP contribution < -0.4 is 10.2 Å². The predicted molar refractivity (Wildman–Crippen MR) is 81.6 cm³/mol. The molecule has 1 amide bonds. The third kappa shape index (κ3) is 3.50. The summed E-state index contributed by atoms with van der Waals surface area (Å²) in [6, 6.07) is 7.66. The summed E-state index contributed by atoms with van der Waals surface area (Å²) in [4.78, 5) is 17.8. The number of benzene rings is 1. The maximum absolute atomic E-state index is 11.3. The number of aliphatic imine (C=N–C) groups is 1. The molecule has 20 heavy (non-hydrogen) atoms. The minimum atomic E-state index is -0.428. The number of hydrogen-bond acceptors (Lipinski definition) is 3. The largest absolute Gasteiger partial charge is 0.450 e. The summed E-state index contributed by atoms with van der Waals surface area (Å²) in [5, 5.41) is 2.68. The van der Waals surface area contributed by atoms with E-state index in [1.165, 1.54) is 12.8 Å². The lowest BCUT2D eigenvalue weighted by Crippen LogP contribution is -2.27. The SMILES string of the molecule is CCOC(=O)Nc1ccc(N(C)C(=NC)C2CC2)cc1. The van der Waals surface area contributed by atoms with Crippen molar-refractivity contribution in [3.8, 4) is 0 Å². The van der Waals surface area contributed by atoms with Crippen LogP contribution in [0.25, 0.3) is 0 Å².